The minimum absolute atomic E-state index is 0.0998. The molecule has 184 valence electrons. The van der Waals surface area contributed by atoms with E-state index in [4.69, 9.17) is 11.5 Å². The van der Waals surface area contributed by atoms with Gasteiger partial charge in [0.2, 0.25) is 0 Å². The number of piperazine rings is 1. The van der Waals surface area contributed by atoms with Crippen LogP contribution >= 0.6 is 0 Å². The number of pyridine rings is 2. The topological polar surface area (TPSA) is 117 Å². The van der Waals surface area contributed by atoms with Gasteiger partial charge in [-0.1, -0.05) is 13.0 Å². The van der Waals surface area contributed by atoms with E-state index < -0.39 is 0 Å². The number of nitrogens with two attached hydrogens (primary N) is 2. The van der Waals surface area contributed by atoms with Gasteiger partial charge in [0, 0.05) is 62.6 Å². The molecule has 4 heterocycles. The number of nitrogen functional groups attached to an aromatic ring is 1. The summed E-state index contributed by atoms with van der Waals surface area (Å²) in [6, 6.07) is 10.0. The minimum atomic E-state index is -0.349. The highest BCUT2D eigenvalue weighted by atomic mass is 16.1. The summed E-state index contributed by atoms with van der Waals surface area (Å²) in [5, 5.41) is 3.91. The highest BCUT2D eigenvalue weighted by Gasteiger charge is 2.25. The number of hydrogen-bond donors (Lipinski definition) is 3. The molecule has 5 N–H and O–H groups in total. The Bertz CT molecular complexity index is 1210. The van der Waals surface area contributed by atoms with Gasteiger partial charge >= 0.3 is 0 Å². The van der Waals surface area contributed by atoms with Gasteiger partial charge in [-0.2, -0.15) is 0 Å². The third kappa shape index (κ3) is 5.01. The molecule has 0 bridgehead atoms. The van der Waals surface area contributed by atoms with Crippen LogP contribution < -0.4 is 26.6 Å². The standard InChI is InChI=1S/C26H34N8O/c1-17-11-19(27)16-34(15-17)24-5-6-29-14-23(24)31-26(35)25-21(28)12-18-3-4-20(13-22(18)30-25)33-9-7-32(2)8-10-33/h3-6,12-14,17,19H,7-11,15-16,27-28H2,1-2H3,(H,31,35). The molecule has 0 radical (unpaired) electrons. The number of carbonyl (C=O) groups excluding carboxylic acids is 1. The molecule has 2 aromatic heterocycles. The normalized spacial score (nSPS) is 21.3. The molecule has 0 aliphatic carbocycles. The number of amides is 1. The fourth-order valence-electron chi connectivity index (χ4n) is 5.15. The minimum Gasteiger partial charge on any atom is -0.397 e. The van der Waals surface area contributed by atoms with E-state index in [1.165, 1.54) is 0 Å². The van der Waals surface area contributed by atoms with Crippen molar-refractivity contribution < 1.29 is 4.79 Å². The molecule has 9 nitrogen and oxygen atoms in total. The number of aromatic nitrogens is 2. The van der Waals surface area contributed by atoms with Crippen LogP contribution in [0.25, 0.3) is 10.9 Å². The van der Waals surface area contributed by atoms with Crippen LogP contribution in [0.2, 0.25) is 0 Å². The molecule has 1 aromatic carbocycles. The molecule has 0 spiro atoms. The van der Waals surface area contributed by atoms with Crippen LogP contribution in [0.1, 0.15) is 23.8 Å². The maximum Gasteiger partial charge on any atom is 0.276 e. The molecule has 2 unspecified atom stereocenters. The summed E-state index contributed by atoms with van der Waals surface area (Å²) in [6.07, 6.45) is 4.40. The van der Waals surface area contributed by atoms with Crippen molar-refractivity contribution in [2.24, 2.45) is 11.7 Å². The lowest BCUT2D eigenvalue weighted by Crippen LogP contribution is -2.46. The molecule has 2 saturated heterocycles. The average Bonchev–Trinajstić information content (AvgIpc) is 2.83. The van der Waals surface area contributed by atoms with Crippen molar-refractivity contribution in [3.8, 4) is 0 Å². The number of nitrogens with one attached hydrogen (secondary N) is 1. The second-order valence-electron chi connectivity index (χ2n) is 9.95. The molecular weight excluding hydrogens is 440 g/mol. The Morgan fingerprint density at radius 1 is 1.09 bits per heavy atom. The summed E-state index contributed by atoms with van der Waals surface area (Å²) in [4.78, 5) is 29.1. The largest absolute Gasteiger partial charge is 0.397 e. The summed E-state index contributed by atoms with van der Waals surface area (Å²) < 4.78 is 0. The molecule has 2 atom stereocenters. The maximum atomic E-state index is 13.3. The van der Waals surface area contributed by atoms with E-state index in [2.05, 4.69) is 50.0 Å². The number of fused-ring (bicyclic) bond motifs is 1. The van der Waals surface area contributed by atoms with Crippen molar-refractivity contribution in [2.45, 2.75) is 19.4 Å². The fourth-order valence-corrected chi connectivity index (χ4v) is 5.15. The first-order valence-corrected chi connectivity index (χ1v) is 12.3. The number of anilines is 4. The Morgan fingerprint density at radius 3 is 2.66 bits per heavy atom. The van der Waals surface area contributed by atoms with Gasteiger partial charge in [-0.15, -0.1) is 0 Å². The van der Waals surface area contributed by atoms with Gasteiger partial charge in [0.15, 0.2) is 5.69 Å². The monoisotopic (exact) mass is 474 g/mol. The molecule has 2 fully saturated rings. The van der Waals surface area contributed by atoms with Crippen LogP contribution in [0.3, 0.4) is 0 Å². The molecule has 3 aromatic rings. The number of carbonyl (C=O) groups is 1. The maximum absolute atomic E-state index is 13.3. The second-order valence-corrected chi connectivity index (χ2v) is 9.95. The van der Waals surface area contributed by atoms with Crippen LogP contribution in [-0.2, 0) is 0 Å². The van der Waals surface area contributed by atoms with Crippen molar-refractivity contribution in [3.63, 3.8) is 0 Å². The highest BCUT2D eigenvalue weighted by molar-refractivity contribution is 6.09. The van der Waals surface area contributed by atoms with E-state index >= 15 is 0 Å². The Labute approximate surface area is 206 Å². The van der Waals surface area contributed by atoms with Gasteiger partial charge < -0.3 is 31.5 Å². The Kier molecular flexibility index (Phi) is 6.44. The molecule has 2 aliphatic heterocycles. The quantitative estimate of drug-likeness (QED) is 0.528. The smallest absolute Gasteiger partial charge is 0.276 e. The Balaban J connectivity index is 1.41. The van der Waals surface area contributed by atoms with Gasteiger partial charge in [0.25, 0.3) is 5.91 Å². The third-order valence-electron chi connectivity index (χ3n) is 6.99. The van der Waals surface area contributed by atoms with E-state index in [0.717, 1.165) is 68.0 Å². The van der Waals surface area contributed by atoms with Crippen molar-refractivity contribution in [2.75, 3.05) is 67.2 Å². The lowest BCUT2D eigenvalue weighted by Gasteiger charge is -2.37. The van der Waals surface area contributed by atoms with Crippen LogP contribution in [0.5, 0.6) is 0 Å². The van der Waals surface area contributed by atoms with E-state index in [0.29, 0.717) is 17.3 Å². The summed E-state index contributed by atoms with van der Waals surface area (Å²) in [7, 11) is 2.14. The summed E-state index contributed by atoms with van der Waals surface area (Å²) in [6.45, 7) is 7.79. The Hall–Kier alpha value is -3.43. The van der Waals surface area contributed by atoms with Crippen LogP contribution in [0, 0.1) is 5.92 Å². The van der Waals surface area contributed by atoms with Crippen LogP contribution in [-0.4, -0.2) is 73.1 Å². The number of piperidine rings is 1. The number of hydrogen-bond acceptors (Lipinski definition) is 8. The average molecular weight is 475 g/mol. The highest BCUT2D eigenvalue weighted by Crippen LogP contribution is 2.30. The number of nitrogens with zero attached hydrogens (tertiary/aromatic N) is 5. The van der Waals surface area contributed by atoms with Gasteiger partial charge in [0.1, 0.15) is 0 Å². The zero-order chi connectivity index (χ0) is 24.5. The van der Waals surface area contributed by atoms with Crippen molar-refractivity contribution in [1.29, 1.82) is 0 Å². The van der Waals surface area contributed by atoms with Crippen molar-refractivity contribution in [1.82, 2.24) is 14.9 Å². The lowest BCUT2D eigenvalue weighted by atomic mass is 9.96. The van der Waals surface area contributed by atoms with Gasteiger partial charge in [-0.3, -0.25) is 9.78 Å². The zero-order valence-electron chi connectivity index (χ0n) is 20.4. The number of benzene rings is 1. The SMILES string of the molecule is CC1CC(N)CN(c2ccncc2NC(=O)c2nc3cc(N4CCN(C)CC4)ccc3cc2N)C1. The fraction of sp³-hybridized carbons (Fsp3) is 0.423. The molecule has 5 rings (SSSR count). The lowest BCUT2D eigenvalue weighted by molar-refractivity contribution is 0.102. The Morgan fingerprint density at radius 2 is 1.89 bits per heavy atom. The molecule has 9 heteroatoms. The predicted molar refractivity (Wildman–Crippen MR) is 142 cm³/mol. The molecule has 35 heavy (non-hydrogen) atoms. The van der Waals surface area contributed by atoms with E-state index in [9.17, 15) is 4.79 Å². The number of likely N-dealkylation sites (N-methyl/N-ethyl adjacent to an activating group) is 1. The first-order valence-electron chi connectivity index (χ1n) is 12.3. The van der Waals surface area contributed by atoms with Gasteiger partial charge in [0.05, 0.1) is 28.8 Å². The van der Waals surface area contributed by atoms with Gasteiger partial charge in [-0.25, -0.2) is 4.98 Å². The van der Waals surface area contributed by atoms with Crippen LogP contribution in [0.4, 0.5) is 22.7 Å². The van der Waals surface area contributed by atoms with E-state index in [-0.39, 0.29) is 17.6 Å². The summed E-state index contributed by atoms with van der Waals surface area (Å²) in [5.41, 5.74) is 16.5. The first-order chi connectivity index (χ1) is 16.9. The first kappa shape index (κ1) is 23.3. The molecule has 2 aliphatic rings. The molecule has 1 amide bonds. The van der Waals surface area contributed by atoms with Crippen molar-refractivity contribution >= 4 is 39.6 Å². The third-order valence-corrected chi connectivity index (χ3v) is 6.99. The number of rotatable bonds is 4. The zero-order valence-corrected chi connectivity index (χ0v) is 20.4. The second kappa shape index (κ2) is 9.67. The molecular formula is C26H34N8O. The summed E-state index contributed by atoms with van der Waals surface area (Å²) in [5.74, 6) is 0.126. The predicted octanol–water partition coefficient (Wildman–Crippen LogP) is 2.39. The van der Waals surface area contributed by atoms with E-state index in [1.807, 2.05) is 24.3 Å². The van der Waals surface area contributed by atoms with Crippen LogP contribution in [0.15, 0.2) is 42.7 Å². The molecule has 0 saturated carbocycles. The van der Waals surface area contributed by atoms with E-state index in [1.54, 1.807) is 12.4 Å². The van der Waals surface area contributed by atoms with Gasteiger partial charge in [-0.05, 0) is 43.7 Å². The summed E-state index contributed by atoms with van der Waals surface area (Å²) >= 11 is 0. The van der Waals surface area contributed by atoms with Crippen molar-refractivity contribution in [3.05, 3.63) is 48.4 Å².